The average Bonchev–Trinajstić information content (AvgIpc) is 2.20. The molecule has 0 rings (SSSR count). The van der Waals surface area contributed by atoms with E-state index in [1.54, 1.807) is 0 Å². The van der Waals surface area contributed by atoms with E-state index in [0.29, 0.717) is 0 Å². The Hall–Kier alpha value is -0.0400. The molecule has 0 aromatic rings. The molecule has 2 atom stereocenters. The summed E-state index contributed by atoms with van der Waals surface area (Å²) >= 11 is 0. The molecule has 0 aromatic heterocycles. The van der Waals surface area contributed by atoms with Crippen LogP contribution >= 0.6 is 0 Å². The number of hydrogen-bond acceptors (Lipinski definition) is 1. The van der Waals surface area contributed by atoms with Gasteiger partial charge in [-0.3, -0.25) is 0 Å². The maximum atomic E-state index is 3.43. The smallest absolute Gasteiger partial charge is 0.00207 e. The van der Waals surface area contributed by atoms with E-state index in [-0.39, 0.29) is 0 Å². The Morgan fingerprint density at radius 2 is 1.64 bits per heavy atom. The third-order valence-corrected chi connectivity index (χ3v) is 3.20. The Labute approximate surface area is 90.7 Å². The van der Waals surface area contributed by atoms with E-state index < -0.39 is 0 Å². The van der Waals surface area contributed by atoms with Crippen LogP contribution in [0.3, 0.4) is 0 Å². The molecule has 86 valence electrons. The Morgan fingerprint density at radius 1 is 0.929 bits per heavy atom. The van der Waals surface area contributed by atoms with Crippen LogP contribution in [0.25, 0.3) is 0 Å². The van der Waals surface area contributed by atoms with Crippen molar-refractivity contribution in [2.24, 2.45) is 11.8 Å². The van der Waals surface area contributed by atoms with E-state index in [1.165, 1.54) is 38.6 Å². The quantitative estimate of drug-likeness (QED) is 0.556. The SMILES string of the molecule is CCCCCCC(C)C(C)CNCC. The summed E-state index contributed by atoms with van der Waals surface area (Å²) in [5.41, 5.74) is 0. The molecule has 1 nitrogen and oxygen atoms in total. The van der Waals surface area contributed by atoms with Crippen LogP contribution < -0.4 is 5.32 Å². The lowest BCUT2D eigenvalue weighted by atomic mass is 9.90. The molecule has 0 aliphatic heterocycles. The lowest BCUT2D eigenvalue weighted by Gasteiger charge is -2.19. The highest BCUT2D eigenvalue weighted by molar-refractivity contribution is 4.64. The summed E-state index contributed by atoms with van der Waals surface area (Å²) in [5.74, 6) is 1.71. The minimum Gasteiger partial charge on any atom is -0.317 e. The van der Waals surface area contributed by atoms with Gasteiger partial charge in [0.15, 0.2) is 0 Å². The normalized spacial score (nSPS) is 15.4. The summed E-state index contributed by atoms with van der Waals surface area (Å²) in [6, 6.07) is 0. The van der Waals surface area contributed by atoms with Crippen molar-refractivity contribution in [1.82, 2.24) is 5.32 Å². The zero-order chi connectivity index (χ0) is 10.8. The minimum absolute atomic E-state index is 0.830. The molecule has 0 fully saturated rings. The third kappa shape index (κ3) is 7.37. The second-order valence-electron chi connectivity index (χ2n) is 4.61. The monoisotopic (exact) mass is 199 g/mol. The van der Waals surface area contributed by atoms with Crippen molar-refractivity contribution in [3.8, 4) is 0 Å². The number of nitrogens with one attached hydrogen (secondary N) is 1. The maximum absolute atomic E-state index is 3.43. The van der Waals surface area contributed by atoms with Crippen LogP contribution in [-0.4, -0.2) is 13.1 Å². The maximum Gasteiger partial charge on any atom is -0.00207 e. The van der Waals surface area contributed by atoms with Crippen LogP contribution in [0.2, 0.25) is 0 Å². The lowest BCUT2D eigenvalue weighted by molar-refractivity contribution is 0.338. The molecule has 0 radical (unpaired) electrons. The van der Waals surface area contributed by atoms with Gasteiger partial charge >= 0.3 is 0 Å². The highest BCUT2D eigenvalue weighted by atomic mass is 14.8. The predicted molar refractivity (Wildman–Crippen MR) is 65.6 cm³/mol. The fourth-order valence-electron chi connectivity index (χ4n) is 1.75. The number of unbranched alkanes of at least 4 members (excludes halogenated alkanes) is 3. The summed E-state index contributed by atoms with van der Waals surface area (Å²) < 4.78 is 0. The van der Waals surface area contributed by atoms with E-state index in [9.17, 15) is 0 Å². The summed E-state index contributed by atoms with van der Waals surface area (Å²) in [4.78, 5) is 0. The van der Waals surface area contributed by atoms with Gasteiger partial charge in [0.05, 0.1) is 0 Å². The summed E-state index contributed by atoms with van der Waals surface area (Å²) in [7, 11) is 0. The van der Waals surface area contributed by atoms with E-state index in [1.807, 2.05) is 0 Å². The van der Waals surface area contributed by atoms with Crippen LogP contribution in [0.1, 0.15) is 59.8 Å². The molecule has 0 amide bonds. The summed E-state index contributed by atoms with van der Waals surface area (Å²) in [6.07, 6.45) is 7.02. The molecule has 2 unspecified atom stereocenters. The van der Waals surface area contributed by atoms with E-state index >= 15 is 0 Å². The largest absolute Gasteiger partial charge is 0.317 e. The van der Waals surface area contributed by atoms with Crippen LogP contribution in [0.15, 0.2) is 0 Å². The molecular weight excluding hydrogens is 170 g/mol. The highest BCUT2D eigenvalue weighted by Gasteiger charge is 2.10. The van der Waals surface area contributed by atoms with Gasteiger partial charge in [0.25, 0.3) is 0 Å². The van der Waals surface area contributed by atoms with Crippen LogP contribution in [0, 0.1) is 11.8 Å². The Bertz CT molecular complexity index is 112. The molecule has 0 heterocycles. The van der Waals surface area contributed by atoms with Gasteiger partial charge < -0.3 is 5.32 Å². The minimum atomic E-state index is 0.830. The van der Waals surface area contributed by atoms with Gasteiger partial charge in [-0.15, -0.1) is 0 Å². The molecule has 0 saturated heterocycles. The zero-order valence-electron chi connectivity index (χ0n) is 10.6. The molecule has 0 bridgehead atoms. The van der Waals surface area contributed by atoms with Crippen molar-refractivity contribution in [3.05, 3.63) is 0 Å². The zero-order valence-corrected chi connectivity index (χ0v) is 10.6. The molecule has 1 N–H and O–H groups in total. The van der Waals surface area contributed by atoms with Crippen molar-refractivity contribution >= 4 is 0 Å². The first-order valence-corrected chi connectivity index (χ1v) is 6.43. The second-order valence-corrected chi connectivity index (χ2v) is 4.61. The van der Waals surface area contributed by atoms with Crippen molar-refractivity contribution in [2.75, 3.05) is 13.1 Å². The predicted octanol–water partition coefficient (Wildman–Crippen LogP) is 3.84. The molecule has 0 spiro atoms. The van der Waals surface area contributed by atoms with E-state index in [4.69, 9.17) is 0 Å². The van der Waals surface area contributed by atoms with Gasteiger partial charge in [-0.25, -0.2) is 0 Å². The third-order valence-electron chi connectivity index (χ3n) is 3.20. The van der Waals surface area contributed by atoms with E-state index in [0.717, 1.165) is 18.4 Å². The van der Waals surface area contributed by atoms with Crippen molar-refractivity contribution in [3.63, 3.8) is 0 Å². The summed E-state index contributed by atoms with van der Waals surface area (Å²) in [5, 5.41) is 3.43. The van der Waals surface area contributed by atoms with Gasteiger partial charge in [-0.05, 0) is 24.9 Å². The highest BCUT2D eigenvalue weighted by Crippen LogP contribution is 2.18. The van der Waals surface area contributed by atoms with Crippen molar-refractivity contribution in [1.29, 1.82) is 0 Å². The van der Waals surface area contributed by atoms with Crippen molar-refractivity contribution < 1.29 is 0 Å². The first kappa shape index (κ1) is 14.0. The van der Waals surface area contributed by atoms with Crippen LogP contribution in [-0.2, 0) is 0 Å². The molecule has 14 heavy (non-hydrogen) atoms. The Kier molecular flexibility index (Phi) is 9.49. The Balaban J connectivity index is 3.36. The summed E-state index contributed by atoms with van der Waals surface area (Å²) in [6.45, 7) is 11.5. The van der Waals surface area contributed by atoms with Gasteiger partial charge in [-0.1, -0.05) is 59.8 Å². The van der Waals surface area contributed by atoms with Crippen LogP contribution in [0.4, 0.5) is 0 Å². The molecular formula is C13H29N. The van der Waals surface area contributed by atoms with Crippen LogP contribution in [0.5, 0.6) is 0 Å². The molecule has 0 aliphatic rings. The van der Waals surface area contributed by atoms with Gasteiger partial charge in [0.1, 0.15) is 0 Å². The lowest BCUT2D eigenvalue weighted by Crippen LogP contribution is -2.24. The molecule has 0 aliphatic carbocycles. The fraction of sp³-hybridized carbons (Fsp3) is 1.00. The standard InChI is InChI=1S/C13H29N/c1-5-7-8-9-10-12(3)13(4)11-14-6-2/h12-14H,5-11H2,1-4H3. The van der Waals surface area contributed by atoms with Crippen molar-refractivity contribution in [2.45, 2.75) is 59.8 Å². The Morgan fingerprint density at radius 3 is 2.21 bits per heavy atom. The number of hydrogen-bond donors (Lipinski definition) is 1. The topological polar surface area (TPSA) is 12.0 Å². The number of rotatable bonds is 9. The molecule has 1 heteroatoms. The molecule has 0 aromatic carbocycles. The molecule has 0 saturated carbocycles. The fourth-order valence-corrected chi connectivity index (χ4v) is 1.75. The van der Waals surface area contributed by atoms with Gasteiger partial charge in [-0.2, -0.15) is 0 Å². The van der Waals surface area contributed by atoms with E-state index in [2.05, 4.69) is 33.0 Å². The van der Waals surface area contributed by atoms with Gasteiger partial charge in [0.2, 0.25) is 0 Å². The second kappa shape index (κ2) is 9.51. The first-order chi connectivity index (χ1) is 6.72. The van der Waals surface area contributed by atoms with Gasteiger partial charge in [0, 0.05) is 0 Å². The average molecular weight is 199 g/mol. The first-order valence-electron chi connectivity index (χ1n) is 6.43.